The van der Waals surface area contributed by atoms with Gasteiger partial charge < -0.3 is 19.1 Å². The second-order valence-corrected chi connectivity index (χ2v) is 11.8. The summed E-state index contributed by atoms with van der Waals surface area (Å²) in [5.41, 5.74) is 2.14. The van der Waals surface area contributed by atoms with Crippen LogP contribution in [0.2, 0.25) is 0 Å². The van der Waals surface area contributed by atoms with Gasteiger partial charge in [0, 0.05) is 51.8 Å². The normalized spacial score (nSPS) is 18.5. The van der Waals surface area contributed by atoms with Gasteiger partial charge in [0.25, 0.3) is 5.91 Å². The molecule has 11 nitrogen and oxygen atoms in total. The third-order valence-corrected chi connectivity index (χ3v) is 8.79. The number of amides is 1. The van der Waals surface area contributed by atoms with E-state index in [9.17, 15) is 17.6 Å². The summed E-state index contributed by atoms with van der Waals surface area (Å²) in [5.74, 6) is -0.470. The molecule has 2 aliphatic heterocycles. The Morgan fingerprint density at radius 3 is 2.80 bits per heavy atom. The zero-order valence-corrected chi connectivity index (χ0v) is 23.4. The van der Waals surface area contributed by atoms with E-state index in [0.29, 0.717) is 24.6 Å². The highest BCUT2D eigenvalue weighted by atomic mass is 32.2. The molecule has 1 N–H and O–H groups in total. The number of nitrogens with zero attached hydrogens (tertiary/aromatic N) is 4. The number of likely N-dealkylation sites (N-methyl/N-ethyl adjacent to an activating group) is 1. The average Bonchev–Trinajstić information content (AvgIpc) is 3.60. The minimum atomic E-state index is -4.07. The third-order valence-electron chi connectivity index (χ3n) is 7.34. The van der Waals surface area contributed by atoms with Crippen molar-refractivity contribution in [1.29, 1.82) is 0 Å². The number of methoxy groups -OCH3 is 1. The van der Waals surface area contributed by atoms with Crippen molar-refractivity contribution in [3.63, 3.8) is 0 Å². The summed E-state index contributed by atoms with van der Waals surface area (Å²) in [6.45, 7) is 2.28. The molecule has 1 amide bonds. The van der Waals surface area contributed by atoms with Gasteiger partial charge in [-0.2, -0.15) is 12.7 Å². The Morgan fingerprint density at radius 1 is 1.23 bits per heavy atom. The number of carbonyl (C=O) groups is 1. The molecular weight excluding hydrogens is 541 g/mol. The zero-order chi connectivity index (χ0) is 28.3. The summed E-state index contributed by atoms with van der Waals surface area (Å²) in [7, 11) is -1.24. The van der Waals surface area contributed by atoms with Crippen LogP contribution in [0.1, 0.15) is 47.8 Å². The van der Waals surface area contributed by atoms with Crippen LogP contribution in [-0.4, -0.2) is 81.2 Å². The smallest absolute Gasteiger partial charge is 0.303 e. The zero-order valence-electron chi connectivity index (χ0n) is 22.6. The molecule has 0 saturated carbocycles. The second kappa shape index (κ2) is 12.1. The van der Waals surface area contributed by atoms with Crippen LogP contribution in [0.3, 0.4) is 0 Å². The van der Waals surface area contributed by atoms with E-state index in [1.807, 2.05) is 6.07 Å². The number of carbonyl (C=O) groups excluding carboxylic acids is 1. The summed E-state index contributed by atoms with van der Waals surface area (Å²) in [5, 5.41) is 0. The van der Waals surface area contributed by atoms with E-state index in [1.54, 1.807) is 22.7 Å². The molecule has 40 heavy (non-hydrogen) atoms. The molecule has 1 atom stereocenters. The van der Waals surface area contributed by atoms with E-state index in [2.05, 4.69) is 14.6 Å². The molecule has 0 spiro atoms. The standard InChI is InChI=1S/C27H34FN5O6S/c1-31(12-15-37-2)40(35,36)30-27(34)24-17-29-26-8-6-20(18-33(24)26)32-11-3-4-23(32)22-16-19(28)5-7-25(22)39-21-9-13-38-14-10-21/h5-8,16-18,21,23H,3-4,9-15H2,1-2H3,(H,30,34)/t23-/m1/s1. The molecule has 0 bridgehead atoms. The number of nitrogens with one attached hydrogen (secondary N) is 1. The molecule has 2 aliphatic rings. The van der Waals surface area contributed by atoms with Crippen molar-refractivity contribution in [2.75, 3.05) is 52.0 Å². The molecule has 0 radical (unpaired) electrons. The van der Waals surface area contributed by atoms with Crippen molar-refractivity contribution < 1.29 is 31.8 Å². The van der Waals surface area contributed by atoms with Crippen molar-refractivity contribution >= 4 is 27.5 Å². The number of hydrogen-bond donors (Lipinski definition) is 1. The number of halogens is 1. The molecule has 0 unspecified atom stereocenters. The highest BCUT2D eigenvalue weighted by molar-refractivity contribution is 7.87. The average molecular weight is 576 g/mol. The fraction of sp³-hybridized carbons (Fsp3) is 0.481. The predicted molar refractivity (Wildman–Crippen MR) is 146 cm³/mol. The number of fused-ring (bicyclic) bond motifs is 1. The topological polar surface area (TPSA) is 115 Å². The highest BCUT2D eigenvalue weighted by Gasteiger charge is 2.31. The number of aromatic nitrogens is 2. The Balaban J connectivity index is 1.41. The van der Waals surface area contributed by atoms with Gasteiger partial charge >= 0.3 is 10.2 Å². The largest absolute Gasteiger partial charge is 0.490 e. The van der Waals surface area contributed by atoms with Gasteiger partial charge in [0.05, 0.1) is 37.7 Å². The van der Waals surface area contributed by atoms with E-state index in [1.165, 1.54) is 32.5 Å². The van der Waals surface area contributed by atoms with Gasteiger partial charge in [-0.25, -0.2) is 14.1 Å². The van der Waals surface area contributed by atoms with Gasteiger partial charge in [-0.1, -0.05) is 0 Å². The molecule has 5 rings (SSSR count). The number of anilines is 1. The quantitative estimate of drug-likeness (QED) is 0.393. The number of benzene rings is 1. The van der Waals surface area contributed by atoms with Crippen LogP contribution in [0.4, 0.5) is 10.1 Å². The monoisotopic (exact) mass is 575 g/mol. The Hall–Kier alpha value is -3.26. The van der Waals surface area contributed by atoms with Crippen LogP contribution in [0.25, 0.3) is 5.65 Å². The van der Waals surface area contributed by atoms with Crippen molar-refractivity contribution in [2.24, 2.45) is 0 Å². The van der Waals surface area contributed by atoms with Crippen LogP contribution in [0.5, 0.6) is 5.75 Å². The van der Waals surface area contributed by atoms with Crippen molar-refractivity contribution in [3.8, 4) is 5.75 Å². The molecule has 2 saturated heterocycles. The van der Waals surface area contributed by atoms with Gasteiger partial charge in [0.2, 0.25) is 0 Å². The van der Waals surface area contributed by atoms with E-state index in [0.717, 1.165) is 47.8 Å². The summed E-state index contributed by atoms with van der Waals surface area (Å²) < 4.78 is 61.1. The minimum absolute atomic E-state index is 0.0148. The van der Waals surface area contributed by atoms with Crippen LogP contribution in [0.15, 0.2) is 42.7 Å². The first kappa shape index (κ1) is 28.3. The van der Waals surface area contributed by atoms with Crippen LogP contribution >= 0.6 is 0 Å². The Labute approximate surface area is 233 Å². The Bertz CT molecular complexity index is 1460. The van der Waals surface area contributed by atoms with Crippen molar-refractivity contribution in [1.82, 2.24) is 18.4 Å². The van der Waals surface area contributed by atoms with E-state index >= 15 is 0 Å². The molecule has 2 fully saturated rings. The van der Waals surface area contributed by atoms with E-state index in [-0.39, 0.29) is 36.8 Å². The summed E-state index contributed by atoms with van der Waals surface area (Å²) in [4.78, 5) is 19.4. The summed E-state index contributed by atoms with van der Waals surface area (Å²) >= 11 is 0. The van der Waals surface area contributed by atoms with E-state index in [4.69, 9.17) is 14.2 Å². The molecule has 216 valence electrons. The number of imidazole rings is 1. The summed E-state index contributed by atoms with van der Waals surface area (Å²) in [6, 6.07) is 8.18. The molecule has 13 heteroatoms. The lowest BCUT2D eigenvalue weighted by atomic mass is 10.0. The minimum Gasteiger partial charge on any atom is -0.490 e. The molecule has 3 aromatic rings. The van der Waals surface area contributed by atoms with Crippen molar-refractivity contribution in [2.45, 2.75) is 37.8 Å². The van der Waals surface area contributed by atoms with Gasteiger partial charge in [-0.3, -0.25) is 9.20 Å². The first-order valence-corrected chi connectivity index (χ1v) is 14.8. The predicted octanol–water partition coefficient (Wildman–Crippen LogP) is 2.93. The van der Waals surface area contributed by atoms with Crippen LogP contribution < -0.4 is 14.4 Å². The Morgan fingerprint density at radius 2 is 2.02 bits per heavy atom. The van der Waals surface area contributed by atoms with Gasteiger partial charge in [0.1, 0.15) is 29.0 Å². The maximum absolute atomic E-state index is 14.5. The van der Waals surface area contributed by atoms with Gasteiger partial charge in [-0.05, 0) is 43.2 Å². The lowest BCUT2D eigenvalue weighted by Crippen LogP contribution is -2.43. The molecule has 4 heterocycles. The fourth-order valence-electron chi connectivity index (χ4n) is 5.15. The number of ether oxygens (including phenoxy) is 3. The van der Waals surface area contributed by atoms with Gasteiger partial charge in [0.15, 0.2) is 0 Å². The first-order chi connectivity index (χ1) is 19.3. The number of rotatable bonds is 10. The van der Waals surface area contributed by atoms with Crippen LogP contribution in [0, 0.1) is 5.82 Å². The third kappa shape index (κ3) is 6.07. The first-order valence-electron chi connectivity index (χ1n) is 13.3. The molecule has 1 aromatic carbocycles. The Kier molecular flexibility index (Phi) is 8.54. The van der Waals surface area contributed by atoms with Gasteiger partial charge in [-0.15, -0.1) is 0 Å². The second-order valence-electron chi connectivity index (χ2n) is 9.97. The highest BCUT2D eigenvalue weighted by Crippen LogP contribution is 2.41. The fourth-order valence-corrected chi connectivity index (χ4v) is 5.96. The van der Waals surface area contributed by atoms with Crippen molar-refractivity contribution in [3.05, 3.63) is 59.8 Å². The maximum atomic E-state index is 14.5. The lowest BCUT2D eigenvalue weighted by molar-refractivity contribution is 0.0250. The summed E-state index contributed by atoms with van der Waals surface area (Å²) in [6.07, 6.45) is 6.37. The maximum Gasteiger partial charge on any atom is 0.303 e. The number of pyridine rings is 1. The van der Waals surface area contributed by atoms with Crippen LogP contribution in [-0.2, 0) is 19.7 Å². The molecular formula is C27H34FN5O6S. The number of hydrogen-bond acceptors (Lipinski definition) is 8. The SMILES string of the molecule is COCCN(C)S(=O)(=O)NC(=O)c1cnc2ccc(N3CCC[C@@H]3c3cc(F)ccc3OC3CCOCC3)cn12. The molecule has 2 aromatic heterocycles. The lowest BCUT2D eigenvalue weighted by Gasteiger charge is -2.30. The molecule has 0 aliphatic carbocycles. The van der Waals surface area contributed by atoms with E-state index < -0.39 is 16.1 Å².